The van der Waals surface area contributed by atoms with Crippen LogP contribution in [-0.2, 0) is 0 Å². The van der Waals surface area contributed by atoms with E-state index in [1.165, 1.54) is 16.4 Å². The van der Waals surface area contributed by atoms with Crippen molar-refractivity contribution in [3.8, 4) is 16.9 Å². The number of fused-ring (bicyclic) bond motifs is 3. The summed E-state index contributed by atoms with van der Waals surface area (Å²) < 4.78 is 6.19. The maximum atomic E-state index is 6.19. The number of nitrogens with one attached hydrogen (secondary N) is 1. The number of hydrogen-bond acceptors (Lipinski definition) is 2. The lowest BCUT2D eigenvalue weighted by molar-refractivity contribution is 0.498. The Bertz CT molecular complexity index is 604. The standard InChI is InChI=1S/C16H18NOP/c1-16(2,3)17-19-15-11-7-5-9-13(15)12-8-4-6-10-14(12)18-19/h4-11,17H,1-3H3. The van der Waals surface area contributed by atoms with E-state index in [0.717, 1.165) is 5.75 Å². The fraction of sp³-hybridized carbons (Fsp3) is 0.250. The Balaban J connectivity index is 2.09. The molecule has 1 unspecified atom stereocenters. The van der Waals surface area contributed by atoms with Gasteiger partial charge in [0.2, 0.25) is 0 Å². The molecule has 2 aromatic carbocycles. The third-order valence-electron chi connectivity index (χ3n) is 2.93. The van der Waals surface area contributed by atoms with Crippen LogP contribution in [0.1, 0.15) is 20.8 Å². The first-order valence-electron chi connectivity index (χ1n) is 6.49. The molecule has 0 aliphatic carbocycles. The maximum Gasteiger partial charge on any atom is 0.195 e. The summed E-state index contributed by atoms with van der Waals surface area (Å²) in [4.78, 5) is 0. The van der Waals surface area contributed by atoms with E-state index in [4.69, 9.17) is 4.52 Å². The summed E-state index contributed by atoms with van der Waals surface area (Å²) in [6.45, 7) is 6.51. The lowest BCUT2D eigenvalue weighted by atomic mass is 10.0. The molecule has 0 amide bonds. The molecule has 2 aromatic rings. The van der Waals surface area contributed by atoms with Crippen molar-refractivity contribution in [2.24, 2.45) is 0 Å². The molecule has 0 spiro atoms. The predicted molar refractivity (Wildman–Crippen MR) is 81.9 cm³/mol. The van der Waals surface area contributed by atoms with E-state index in [9.17, 15) is 0 Å². The van der Waals surface area contributed by atoms with Crippen LogP contribution < -0.4 is 14.9 Å². The fourth-order valence-corrected chi connectivity index (χ4v) is 4.05. The zero-order valence-corrected chi connectivity index (χ0v) is 12.4. The van der Waals surface area contributed by atoms with E-state index in [-0.39, 0.29) is 5.54 Å². The van der Waals surface area contributed by atoms with Gasteiger partial charge >= 0.3 is 0 Å². The van der Waals surface area contributed by atoms with Crippen molar-refractivity contribution in [1.82, 2.24) is 5.09 Å². The molecule has 1 N–H and O–H groups in total. The van der Waals surface area contributed by atoms with E-state index in [0.29, 0.717) is 0 Å². The van der Waals surface area contributed by atoms with Gasteiger partial charge in [0.1, 0.15) is 5.75 Å². The highest BCUT2D eigenvalue weighted by Crippen LogP contribution is 2.47. The largest absolute Gasteiger partial charge is 0.453 e. The van der Waals surface area contributed by atoms with Crippen molar-refractivity contribution in [3.63, 3.8) is 0 Å². The Morgan fingerprint density at radius 3 is 2.26 bits per heavy atom. The van der Waals surface area contributed by atoms with Gasteiger partial charge in [-0.3, -0.25) is 5.09 Å². The van der Waals surface area contributed by atoms with Crippen LogP contribution in [0.15, 0.2) is 48.5 Å². The molecule has 1 aliphatic heterocycles. The van der Waals surface area contributed by atoms with E-state index in [2.05, 4.69) is 62.3 Å². The Kier molecular flexibility index (Phi) is 3.08. The summed E-state index contributed by atoms with van der Waals surface area (Å²) in [5.74, 6) is 0.976. The van der Waals surface area contributed by atoms with Crippen molar-refractivity contribution in [1.29, 1.82) is 0 Å². The molecular formula is C16H18NOP. The normalized spacial score (nSPS) is 17.3. The summed E-state index contributed by atoms with van der Waals surface area (Å²) in [5.41, 5.74) is 2.50. The van der Waals surface area contributed by atoms with Gasteiger partial charge in [0.05, 0.1) is 0 Å². The SMILES string of the molecule is CC(C)(C)NP1Oc2ccccc2-c2ccccc21. The molecule has 1 heterocycles. The van der Waals surface area contributed by atoms with Crippen molar-refractivity contribution in [3.05, 3.63) is 48.5 Å². The second-order valence-corrected chi connectivity index (χ2v) is 7.24. The smallest absolute Gasteiger partial charge is 0.195 e. The second kappa shape index (κ2) is 4.63. The van der Waals surface area contributed by atoms with Gasteiger partial charge < -0.3 is 4.52 Å². The molecule has 3 heteroatoms. The first kappa shape index (κ1) is 12.7. The van der Waals surface area contributed by atoms with Crippen LogP contribution in [0.4, 0.5) is 0 Å². The van der Waals surface area contributed by atoms with Gasteiger partial charge in [0.25, 0.3) is 0 Å². The predicted octanol–water partition coefficient (Wildman–Crippen LogP) is 4.07. The minimum atomic E-state index is -0.812. The van der Waals surface area contributed by atoms with Crippen LogP contribution in [0, 0.1) is 0 Å². The van der Waals surface area contributed by atoms with E-state index >= 15 is 0 Å². The van der Waals surface area contributed by atoms with Gasteiger partial charge in [-0.2, -0.15) is 0 Å². The zero-order valence-electron chi connectivity index (χ0n) is 11.5. The van der Waals surface area contributed by atoms with Gasteiger partial charge in [-0.1, -0.05) is 36.4 Å². The van der Waals surface area contributed by atoms with Crippen LogP contribution in [0.2, 0.25) is 0 Å². The number of benzene rings is 2. The van der Waals surface area contributed by atoms with Gasteiger partial charge in [-0.25, -0.2) is 0 Å². The first-order chi connectivity index (χ1) is 9.04. The number of hydrogen-bond donors (Lipinski definition) is 1. The van der Waals surface area contributed by atoms with Gasteiger partial charge in [0.15, 0.2) is 8.30 Å². The molecule has 0 fully saturated rings. The first-order valence-corrected chi connectivity index (χ1v) is 7.75. The van der Waals surface area contributed by atoms with Crippen LogP contribution >= 0.6 is 8.30 Å². The van der Waals surface area contributed by atoms with Gasteiger partial charge in [0, 0.05) is 16.4 Å². The summed E-state index contributed by atoms with van der Waals surface area (Å²) >= 11 is 0. The molecule has 0 bridgehead atoms. The minimum absolute atomic E-state index is 0.0328. The summed E-state index contributed by atoms with van der Waals surface area (Å²) in [7, 11) is -0.812. The molecule has 0 aromatic heterocycles. The lowest BCUT2D eigenvalue weighted by Gasteiger charge is -2.33. The summed E-state index contributed by atoms with van der Waals surface area (Å²) in [6.07, 6.45) is 0. The zero-order chi connectivity index (χ0) is 13.5. The van der Waals surface area contributed by atoms with Crippen molar-refractivity contribution < 1.29 is 4.52 Å². The second-order valence-electron chi connectivity index (χ2n) is 5.76. The summed E-state index contributed by atoms with van der Waals surface area (Å²) in [6, 6.07) is 16.8. The quantitative estimate of drug-likeness (QED) is 0.789. The highest BCUT2D eigenvalue weighted by atomic mass is 31.2. The maximum absolute atomic E-state index is 6.19. The third-order valence-corrected chi connectivity index (χ3v) is 5.01. The Labute approximate surface area is 115 Å². The van der Waals surface area contributed by atoms with Gasteiger partial charge in [-0.05, 0) is 38.5 Å². The van der Waals surface area contributed by atoms with Crippen LogP contribution in [0.25, 0.3) is 11.1 Å². The molecule has 0 saturated heterocycles. The molecule has 3 rings (SSSR count). The highest BCUT2D eigenvalue weighted by Gasteiger charge is 2.29. The average Bonchev–Trinajstić information content (AvgIpc) is 2.37. The van der Waals surface area contributed by atoms with Gasteiger partial charge in [-0.15, -0.1) is 0 Å². The summed E-state index contributed by atoms with van der Waals surface area (Å²) in [5, 5.41) is 4.87. The number of para-hydroxylation sites is 1. The van der Waals surface area contributed by atoms with E-state index in [1.54, 1.807) is 0 Å². The number of rotatable bonds is 1. The molecule has 98 valence electrons. The minimum Gasteiger partial charge on any atom is -0.453 e. The molecule has 0 saturated carbocycles. The Morgan fingerprint density at radius 2 is 1.53 bits per heavy atom. The molecule has 2 nitrogen and oxygen atoms in total. The highest BCUT2D eigenvalue weighted by molar-refractivity contribution is 7.59. The molecular weight excluding hydrogens is 253 g/mol. The van der Waals surface area contributed by atoms with E-state index < -0.39 is 8.30 Å². The monoisotopic (exact) mass is 271 g/mol. The van der Waals surface area contributed by atoms with Crippen LogP contribution in [0.3, 0.4) is 0 Å². The van der Waals surface area contributed by atoms with Crippen molar-refractivity contribution >= 4 is 13.6 Å². The van der Waals surface area contributed by atoms with Crippen molar-refractivity contribution in [2.45, 2.75) is 26.3 Å². The molecule has 19 heavy (non-hydrogen) atoms. The fourth-order valence-electron chi connectivity index (χ4n) is 2.18. The third kappa shape index (κ3) is 2.51. The lowest BCUT2D eigenvalue weighted by Crippen LogP contribution is -2.36. The van der Waals surface area contributed by atoms with Crippen LogP contribution in [-0.4, -0.2) is 5.54 Å². The molecule has 1 aliphatic rings. The average molecular weight is 271 g/mol. The van der Waals surface area contributed by atoms with E-state index in [1.807, 2.05) is 12.1 Å². The Hall–Kier alpha value is -1.37. The Morgan fingerprint density at radius 1 is 0.895 bits per heavy atom. The van der Waals surface area contributed by atoms with Crippen LogP contribution in [0.5, 0.6) is 5.75 Å². The topological polar surface area (TPSA) is 21.3 Å². The molecule has 0 radical (unpaired) electrons. The molecule has 1 atom stereocenters. The van der Waals surface area contributed by atoms with Crippen molar-refractivity contribution in [2.75, 3.05) is 0 Å².